The SMILES string of the molecule is CN(CC(=O)Nc1ccccc1F)Cc1ccccc1N1CCCCC1. The molecule has 3 rings (SSSR count). The van der Waals surface area contributed by atoms with Gasteiger partial charge in [-0.1, -0.05) is 30.3 Å². The Labute approximate surface area is 154 Å². The molecule has 2 aromatic carbocycles. The molecule has 0 unspecified atom stereocenters. The first-order valence-corrected chi connectivity index (χ1v) is 9.19. The van der Waals surface area contributed by atoms with Crippen LogP contribution in [0.3, 0.4) is 0 Å². The number of nitrogens with zero attached hydrogens (tertiary/aromatic N) is 2. The number of anilines is 2. The summed E-state index contributed by atoms with van der Waals surface area (Å²) in [5.41, 5.74) is 2.70. The first-order valence-electron chi connectivity index (χ1n) is 9.19. The molecule has 138 valence electrons. The van der Waals surface area contributed by atoms with Crippen LogP contribution in [0.5, 0.6) is 0 Å². The molecule has 0 spiro atoms. The lowest BCUT2D eigenvalue weighted by molar-refractivity contribution is -0.117. The summed E-state index contributed by atoms with van der Waals surface area (Å²) in [7, 11) is 1.91. The van der Waals surface area contributed by atoms with E-state index in [0.717, 1.165) is 13.1 Å². The van der Waals surface area contributed by atoms with Crippen molar-refractivity contribution in [2.75, 3.05) is 36.9 Å². The molecule has 1 aliphatic heterocycles. The Morgan fingerprint density at radius 3 is 2.54 bits per heavy atom. The van der Waals surface area contributed by atoms with Gasteiger partial charge < -0.3 is 10.2 Å². The van der Waals surface area contributed by atoms with E-state index in [-0.39, 0.29) is 18.1 Å². The number of piperidine rings is 1. The Morgan fingerprint density at radius 2 is 1.77 bits per heavy atom. The fourth-order valence-electron chi connectivity index (χ4n) is 3.43. The first kappa shape index (κ1) is 18.4. The minimum absolute atomic E-state index is 0.211. The van der Waals surface area contributed by atoms with Crippen LogP contribution < -0.4 is 10.2 Å². The van der Waals surface area contributed by atoms with E-state index in [9.17, 15) is 9.18 Å². The lowest BCUT2D eigenvalue weighted by Gasteiger charge is -2.31. The van der Waals surface area contributed by atoms with Gasteiger partial charge in [-0.3, -0.25) is 9.69 Å². The van der Waals surface area contributed by atoms with Gasteiger partial charge in [-0.15, -0.1) is 0 Å². The van der Waals surface area contributed by atoms with Gasteiger partial charge in [0, 0.05) is 25.3 Å². The molecule has 0 aromatic heterocycles. The molecule has 5 heteroatoms. The first-order chi connectivity index (χ1) is 12.6. The van der Waals surface area contributed by atoms with Crippen LogP contribution in [0.4, 0.5) is 15.8 Å². The number of hydrogen-bond acceptors (Lipinski definition) is 3. The predicted molar refractivity (Wildman–Crippen MR) is 104 cm³/mol. The monoisotopic (exact) mass is 355 g/mol. The molecule has 0 atom stereocenters. The average molecular weight is 355 g/mol. The van der Waals surface area contributed by atoms with E-state index in [1.807, 2.05) is 18.0 Å². The van der Waals surface area contributed by atoms with Gasteiger partial charge in [0.2, 0.25) is 5.91 Å². The van der Waals surface area contributed by atoms with Crippen LogP contribution in [-0.2, 0) is 11.3 Å². The summed E-state index contributed by atoms with van der Waals surface area (Å²) in [4.78, 5) is 16.6. The molecule has 0 radical (unpaired) electrons. The summed E-state index contributed by atoms with van der Waals surface area (Å²) in [6, 6.07) is 14.6. The number of benzene rings is 2. The van der Waals surface area contributed by atoms with Gasteiger partial charge in [0.05, 0.1) is 12.2 Å². The Morgan fingerprint density at radius 1 is 1.08 bits per heavy atom. The standard InChI is InChI=1S/C21H26FN3O/c1-24(16-21(26)23-19-11-5-4-10-18(19)22)15-17-9-3-6-12-20(17)25-13-7-2-8-14-25/h3-6,9-12H,2,7-8,13-16H2,1H3,(H,23,26). The Bertz CT molecular complexity index is 744. The zero-order valence-electron chi connectivity index (χ0n) is 15.2. The van der Waals surface area contributed by atoms with E-state index >= 15 is 0 Å². The summed E-state index contributed by atoms with van der Waals surface area (Å²) in [5.74, 6) is -0.632. The summed E-state index contributed by atoms with van der Waals surface area (Å²) < 4.78 is 13.7. The van der Waals surface area contributed by atoms with E-state index in [2.05, 4.69) is 28.4 Å². The van der Waals surface area contributed by atoms with Crippen molar-refractivity contribution >= 4 is 17.3 Å². The zero-order chi connectivity index (χ0) is 18.4. The highest BCUT2D eigenvalue weighted by Crippen LogP contribution is 2.25. The molecule has 1 saturated heterocycles. The number of hydrogen-bond donors (Lipinski definition) is 1. The fraction of sp³-hybridized carbons (Fsp3) is 0.381. The number of para-hydroxylation sites is 2. The van der Waals surface area contributed by atoms with Crippen molar-refractivity contribution in [2.24, 2.45) is 0 Å². The quantitative estimate of drug-likeness (QED) is 0.854. The van der Waals surface area contributed by atoms with Crippen LogP contribution in [0.1, 0.15) is 24.8 Å². The molecule has 1 aliphatic rings. The highest BCUT2D eigenvalue weighted by Gasteiger charge is 2.16. The highest BCUT2D eigenvalue weighted by molar-refractivity contribution is 5.92. The Hall–Kier alpha value is -2.40. The van der Waals surface area contributed by atoms with E-state index in [1.54, 1.807) is 18.2 Å². The predicted octanol–water partition coefficient (Wildman–Crippen LogP) is 3.89. The fourth-order valence-corrected chi connectivity index (χ4v) is 3.43. The lowest BCUT2D eigenvalue weighted by atomic mass is 10.1. The number of carbonyl (C=O) groups excluding carboxylic acids is 1. The lowest BCUT2D eigenvalue weighted by Crippen LogP contribution is -2.33. The average Bonchev–Trinajstić information content (AvgIpc) is 2.64. The van der Waals surface area contributed by atoms with Crippen molar-refractivity contribution in [3.63, 3.8) is 0 Å². The largest absolute Gasteiger partial charge is 0.371 e. The number of nitrogens with one attached hydrogen (secondary N) is 1. The van der Waals surface area contributed by atoms with Crippen LogP contribution in [0.2, 0.25) is 0 Å². The summed E-state index contributed by atoms with van der Waals surface area (Å²) in [5, 5.41) is 2.64. The van der Waals surface area contributed by atoms with Crippen molar-refractivity contribution < 1.29 is 9.18 Å². The van der Waals surface area contributed by atoms with E-state index in [4.69, 9.17) is 0 Å². The van der Waals surface area contributed by atoms with E-state index in [1.165, 1.54) is 36.6 Å². The molecule has 1 fully saturated rings. The van der Waals surface area contributed by atoms with Crippen LogP contribution in [-0.4, -0.2) is 37.5 Å². The van der Waals surface area contributed by atoms with Gasteiger partial charge in [-0.05, 0) is 50.1 Å². The topological polar surface area (TPSA) is 35.6 Å². The van der Waals surface area contributed by atoms with Gasteiger partial charge in [0.1, 0.15) is 5.82 Å². The third kappa shape index (κ3) is 4.82. The van der Waals surface area contributed by atoms with Crippen LogP contribution in [0.15, 0.2) is 48.5 Å². The normalized spacial score (nSPS) is 14.5. The number of rotatable bonds is 6. The molecule has 0 aliphatic carbocycles. The van der Waals surface area contributed by atoms with Crippen molar-refractivity contribution in [2.45, 2.75) is 25.8 Å². The number of carbonyl (C=O) groups is 1. The molecule has 0 bridgehead atoms. The minimum atomic E-state index is -0.418. The van der Waals surface area contributed by atoms with Crippen molar-refractivity contribution in [1.29, 1.82) is 0 Å². The highest BCUT2D eigenvalue weighted by atomic mass is 19.1. The van der Waals surface area contributed by atoms with Gasteiger partial charge in [-0.2, -0.15) is 0 Å². The molecule has 2 aromatic rings. The van der Waals surface area contributed by atoms with Crippen LogP contribution in [0, 0.1) is 5.82 Å². The molecule has 1 amide bonds. The second-order valence-electron chi connectivity index (χ2n) is 6.88. The second kappa shape index (κ2) is 8.81. The number of likely N-dealkylation sites (N-methyl/N-ethyl adjacent to an activating group) is 1. The molecular formula is C21H26FN3O. The van der Waals surface area contributed by atoms with Gasteiger partial charge >= 0.3 is 0 Å². The Kier molecular flexibility index (Phi) is 6.23. The maximum absolute atomic E-state index is 13.7. The smallest absolute Gasteiger partial charge is 0.238 e. The molecular weight excluding hydrogens is 329 g/mol. The second-order valence-corrected chi connectivity index (χ2v) is 6.88. The van der Waals surface area contributed by atoms with Gasteiger partial charge in [0.25, 0.3) is 0 Å². The molecule has 26 heavy (non-hydrogen) atoms. The number of amides is 1. The molecule has 1 N–H and O–H groups in total. The summed E-state index contributed by atoms with van der Waals surface area (Å²) >= 11 is 0. The molecule has 1 heterocycles. The van der Waals surface area contributed by atoms with Crippen LogP contribution >= 0.6 is 0 Å². The van der Waals surface area contributed by atoms with E-state index in [0.29, 0.717) is 6.54 Å². The maximum Gasteiger partial charge on any atom is 0.238 e. The van der Waals surface area contributed by atoms with Crippen molar-refractivity contribution in [3.05, 3.63) is 59.9 Å². The minimum Gasteiger partial charge on any atom is -0.371 e. The van der Waals surface area contributed by atoms with Gasteiger partial charge in [-0.25, -0.2) is 4.39 Å². The van der Waals surface area contributed by atoms with Crippen LogP contribution in [0.25, 0.3) is 0 Å². The number of halogens is 1. The zero-order valence-corrected chi connectivity index (χ0v) is 15.2. The van der Waals surface area contributed by atoms with Gasteiger partial charge in [0.15, 0.2) is 0 Å². The third-order valence-electron chi connectivity index (χ3n) is 4.69. The molecule has 4 nitrogen and oxygen atoms in total. The third-order valence-corrected chi connectivity index (χ3v) is 4.69. The molecule has 0 saturated carbocycles. The summed E-state index contributed by atoms with van der Waals surface area (Å²) in [6.07, 6.45) is 3.76. The van der Waals surface area contributed by atoms with E-state index < -0.39 is 5.82 Å². The van der Waals surface area contributed by atoms with Crippen molar-refractivity contribution in [3.8, 4) is 0 Å². The summed E-state index contributed by atoms with van der Waals surface area (Å²) in [6.45, 7) is 3.07. The maximum atomic E-state index is 13.7. The van der Waals surface area contributed by atoms with Crippen molar-refractivity contribution in [1.82, 2.24) is 4.90 Å². The Balaban J connectivity index is 1.60.